The van der Waals surface area contributed by atoms with Crippen LogP contribution in [-0.4, -0.2) is 124 Å². The molecule has 2 aromatic rings. The van der Waals surface area contributed by atoms with E-state index in [-0.39, 0.29) is 82.2 Å². The number of nitrogens with zero attached hydrogens (tertiary/aromatic N) is 1. The molecule has 13 nitrogen and oxygen atoms in total. The van der Waals surface area contributed by atoms with E-state index in [0.29, 0.717) is 44.2 Å². The maximum atomic E-state index is 17.5. The first-order valence-corrected chi connectivity index (χ1v) is 23.5. The van der Waals surface area contributed by atoms with Crippen LogP contribution in [-0.2, 0) is 35.2 Å². The van der Waals surface area contributed by atoms with Crippen LogP contribution in [0, 0.1) is 34.5 Å². The number of allylic oxidation sites excluding steroid dienone is 4. The van der Waals surface area contributed by atoms with E-state index >= 15 is 4.39 Å². The molecule has 4 aliphatic carbocycles. The fourth-order valence-electron chi connectivity index (χ4n) is 12.6. The predicted molar refractivity (Wildman–Crippen MR) is 242 cm³/mol. The number of alkyl halides is 1. The van der Waals surface area contributed by atoms with E-state index in [4.69, 9.17) is 14.3 Å². The van der Waals surface area contributed by atoms with E-state index in [0.717, 1.165) is 23.1 Å². The molecule has 11 atom stereocenters. The Morgan fingerprint density at radius 1 is 0.969 bits per heavy atom. The highest BCUT2D eigenvalue weighted by atomic mass is 19.1. The lowest BCUT2D eigenvalue weighted by Gasteiger charge is -2.62. The number of fused-ring (bicyclic) bond motifs is 5. The van der Waals surface area contributed by atoms with Gasteiger partial charge in [-0.1, -0.05) is 93.9 Å². The van der Waals surface area contributed by atoms with Crippen LogP contribution in [0.2, 0.25) is 0 Å². The van der Waals surface area contributed by atoms with Gasteiger partial charge in [0.25, 0.3) is 5.91 Å². The number of carbonyl (C=O) groups excluding carboxylic acids is 3. The largest absolute Gasteiger partial charge is 0.394 e. The number of nitrogens with one attached hydrogen (secondary N) is 2. The normalized spacial score (nSPS) is 34.7. The van der Waals surface area contributed by atoms with Crippen molar-refractivity contribution >= 4 is 17.6 Å². The van der Waals surface area contributed by atoms with Gasteiger partial charge in [0, 0.05) is 36.4 Å². The summed E-state index contributed by atoms with van der Waals surface area (Å²) in [6, 6.07) is 18.4. The molecule has 0 radical (unpaired) electrons. The van der Waals surface area contributed by atoms with Gasteiger partial charge in [0.2, 0.25) is 5.91 Å². The van der Waals surface area contributed by atoms with Crippen molar-refractivity contribution in [2.24, 2.45) is 34.5 Å². The first-order valence-electron chi connectivity index (χ1n) is 23.5. The maximum absolute atomic E-state index is 17.5. The average molecular weight is 904 g/mol. The molecule has 3 saturated carbocycles. The maximum Gasteiger partial charge on any atom is 0.252 e. The summed E-state index contributed by atoms with van der Waals surface area (Å²) < 4.78 is 28.7. The van der Waals surface area contributed by atoms with E-state index in [1.165, 1.54) is 12.2 Å². The minimum atomic E-state index is -2.05. The molecule has 0 aromatic heterocycles. The third kappa shape index (κ3) is 9.39. The monoisotopic (exact) mass is 904 g/mol. The summed E-state index contributed by atoms with van der Waals surface area (Å²) in [5.74, 6) is -2.29. The Morgan fingerprint density at radius 3 is 2.38 bits per heavy atom. The van der Waals surface area contributed by atoms with Crippen LogP contribution in [0.1, 0.15) is 85.1 Å². The zero-order valence-corrected chi connectivity index (χ0v) is 38.6. The Morgan fingerprint density at radius 2 is 1.68 bits per heavy atom. The van der Waals surface area contributed by atoms with Crippen LogP contribution < -0.4 is 10.6 Å². The molecule has 1 unspecified atom stereocenters. The van der Waals surface area contributed by atoms with Crippen LogP contribution in [0.15, 0.2) is 78.4 Å². The van der Waals surface area contributed by atoms with Crippen molar-refractivity contribution in [1.82, 2.24) is 15.7 Å². The Balaban J connectivity index is 0.849. The highest BCUT2D eigenvalue weighted by Crippen LogP contribution is 2.70. The Hall–Kier alpha value is -3.86. The van der Waals surface area contributed by atoms with Crippen molar-refractivity contribution < 1.29 is 53.5 Å². The van der Waals surface area contributed by atoms with Gasteiger partial charge in [0.1, 0.15) is 6.61 Å². The standard InChI is InChI=1S/C51H70FN3O10/c1-33(2)25-49(26-40(58)31-56)27-41(65-55(49)30-35-11-13-37(14-12-35)36-9-7-6-8-10-36)29-54-45(60)32-64-22-21-63-20-19-53-46(61)51(62)34(3)23-43-42-16-15-38-24-39(57)17-18-47(38,4)50(42,52)44(59)28-48(43,51)5/h6-14,17-18,24,33-34,40-44,56,58-59,62H,15-16,19-23,25-32H2,1-5H3,(H,53,61)(H,54,60)/t34-,40?,41-,42+,43+,44+,47+,48+,49+,50+,51+/m1/s1. The van der Waals surface area contributed by atoms with Gasteiger partial charge in [0.05, 0.1) is 50.3 Å². The molecule has 1 aliphatic heterocycles. The molecule has 1 saturated heterocycles. The second kappa shape index (κ2) is 19.8. The molecule has 14 heteroatoms. The number of aliphatic hydroxyl groups excluding tert-OH is 3. The fraction of sp³-hybridized carbons (Fsp3) is 0.627. The number of ether oxygens (including phenoxy) is 2. The molecule has 0 bridgehead atoms. The Labute approximate surface area is 382 Å². The van der Waals surface area contributed by atoms with E-state index in [1.807, 2.05) is 30.2 Å². The summed E-state index contributed by atoms with van der Waals surface area (Å²) in [6.07, 6.45) is 4.54. The molecular formula is C51H70FN3O10. The number of rotatable bonds is 19. The third-order valence-corrected chi connectivity index (χ3v) is 15.6. The second-order valence-electron chi connectivity index (χ2n) is 20.3. The van der Waals surface area contributed by atoms with Crippen LogP contribution >= 0.6 is 0 Å². The minimum Gasteiger partial charge on any atom is -0.394 e. The molecule has 65 heavy (non-hydrogen) atoms. The van der Waals surface area contributed by atoms with Gasteiger partial charge >= 0.3 is 0 Å². The van der Waals surface area contributed by atoms with Gasteiger partial charge in [-0.05, 0) is 98.5 Å². The SMILES string of the molecule is CC(C)C[C@]1(CC(O)CO)C[C@H](CNC(=O)COCCOCCNC(=O)[C@@]2(O)[C@H](C)C[C@H]3[C@@H]4CCC5=CC(=O)C=C[C@]5(C)[C@@]4(F)[C@@H](O)C[C@@]32C)ON1Cc1ccc(-c2ccccc2)cc1. The van der Waals surface area contributed by atoms with E-state index in [9.17, 15) is 34.8 Å². The summed E-state index contributed by atoms with van der Waals surface area (Å²) in [5, 5.41) is 52.0. The molecule has 2 aromatic carbocycles. The van der Waals surface area contributed by atoms with E-state index in [2.05, 4.69) is 60.9 Å². The van der Waals surface area contributed by atoms with Gasteiger partial charge in [-0.2, -0.15) is 5.06 Å². The van der Waals surface area contributed by atoms with Crippen molar-refractivity contribution in [3.63, 3.8) is 0 Å². The number of hydrogen-bond donors (Lipinski definition) is 6. The average Bonchev–Trinajstić information content (AvgIpc) is 3.70. The highest BCUT2D eigenvalue weighted by Gasteiger charge is 2.75. The lowest BCUT2D eigenvalue weighted by atomic mass is 9.44. The van der Waals surface area contributed by atoms with Crippen molar-refractivity contribution in [3.8, 4) is 11.1 Å². The van der Waals surface area contributed by atoms with Crippen LogP contribution in [0.3, 0.4) is 0 Å². The van der Waals surface area contributed by atoms with Crippen molar-refractivity contribution in [3.05, 3.63) is 84.0 Å². The van der Waals surface area contributed by atoms with E-state index in [1.54, 1.807) is 19.9 Å². The first kappa shape index (κ1) is 49.1. The molecular weight excluding hydrogens is 834 g/mol. The second-order valence-corrected chi connectivity index (χ2v) is 20.3. The number of benzene rings is 2. The van der Waals surface area contributed by atoms with Gasteiger partial charge in [-0.3, -0.25) is 19.2 Å². The number of aliphatic hydroxyl groups is 4. The van der Waals surface area contributed by atoms with Gasteiger partial charge < -0.3 is 40.5 Å². The predicted octanol–water partition coefficient (Wildman–Crippen LogP) is 5.00. The molecule has 0 spiro atoms. The first-order chi connectivity index (χ1) is 30.9. The number of hydrogen-bond acceptors (Lipinski definition) is 11. The van der Waals surface area contributed by atoms with Gasteiger partial charge in [-0.25, -0.2) is 4.39 Å². The molecule has 7 rings (SSSR count). The Kier molecular flexibility index (Phi) is 14.9. The lowest BCUT2D eigenvalue weighted by Crippen LogP contribution is -2.70. The minimum absolute atomic E-state index is 0.101. The van der Waals surface area contributed by atoms with Crippen molar-refractivity contribution in [2.45, 2.75) is 121 Å². The number of carbonyl (C=O) groups is 3. The third-order valence-electron chi connectivity index (χ3n) is 15.6. The fourth-order valence-corrected chi connectivity index (χ4v) is 12.6. The van der Waals surface area contributed by atoms with Crippen LogP contribution in [0.25, 0.3) is 11.1 Å². The Bertz CT molecular complexity index is 2070. The zero-order chi connectivity index (χ0) is 46.8. The number of ketones is 1. The summed E-state index contributed by atoms with van der Waals surface area (Å²) in [6.45, 7) is 10.2. The number of hydroxylamine groups is 2. The lowest BCUT2D eigenvalue weighted by molar-refractivity contribution is -0.219. The van der Waals surface area contributed by atoms with Crippen LogP contribution in [0.5, 0.6) is 0 Å². The summed E-state index contributed by atoms with van der Waals surface area (Å²) in [4.78, 5) is 45.4. The number of halogens is 1. The summed E-state index contributed by atoms with van der Waals surface area (Å²) in [5.41, 5.74) is -2.76. The van der Waals surface area contributed by atoms with Crippen molar-refractivity contribution in [1.29, 1.82) is 0 Å². The summed E-state index contributed by atoms with van der Waals surface area (Å²) in [7, 11) is 0. The molecule has 4 fully saturated rings. The molecule has 1 heterocycles. The topological polar surface area (TPSA) is 187 Å². The molecule has 356 valence electrons. The quantitative estimate of drug-likeness (QED) is 0.104. The highest BCUT2D eigenvalue weighted by molar-refractivity contribution is 6.01. The van der Waals surface area contributed by atoms with Gasteiger partial charge in [-0.15, -0.1) is 0 Å². The molecule has 2 amide bonds. The van der Waals surface area contributed by atoms with Crippen molar-refractivity contribution in [2.75, 3.05) is 46.1 Å². The van der Waals surface area contributed by atoms with Gasteiger partial charge in [0.15, 0.2) is 17.1 Å². The zero-order valence-electron chi connectivity index (χ0n) is 38.6. The summed E-state index contributed by atoms with van der Waals surface area (Å²) >= 11 is 0. The number of amides is 2. The molecule has 6 N–H and O–H groups in total. The smallest absolute Gasteiger partial charge is 0.252 e. The molecule has 5 aliphatic rings. The van der Waals surface area contributed by atoms with E-state index < -0.39 is 57.6 Å². The van der Waals surface area contributed by atoms with Crippen LogP contribution in [0.4, 0.5) is 4.39 Å².